The quantitative estimate of drug-likeness (QED) is 0.826. The second kappa shape index (κ2) is 4.43. The molecule has 2 heteroatoms. The molecule has 0 aromatic heterocycles. The van der Waals surface area contributed by atoms with Crippen molar-refractivity contribution in [2.24, 2.45) is 0 Å². The molecule has 0 amide bonds. The van der Waals surface area contributed by atoms with Crippen LogP contribution in [0.25, 0.3) is 0 Å². The molecule has 92 valence electrons. The fourth-order valence-electron chi connectivity index (χ4n) is 2.92. The highest BCUT2D eigenvalue weighted by Gasteiger charge is 2.39. The number of benzene rings is 1. The molecule has 0 spiro atoms. The smallest absolute Gasteiger partial charge is 0.0317 e. The third kappa shape index (κ3) is 2.12. The minimum Gasteiger partial charge on any atom is -0.314 e. The zero-order valence-corrected chi connectivity index (χ0v) is 10.6. The Morgan fingerprint density at radius 3 is 2.71 bits per heavy atom. The zero-order valence-electron chi connectivity index (χ0n) is 10.6. The van der Waals surface area contributed by atoms with Gasteiger partial charge in [0.2, 0.25) is 0 Å². The lowest BCUT2D eigenvalue weighted by Gasteiger charge is -2.44. The van der Waals surface area contributed by atoms with Gasteiger partial charge >= 0.3 is 0 Å². The first-order valence-corrected chi connectivity index (χ1v) is 6.80. The molecule has 1 aliphatic carbocycles. The summed E-state index contributed by atoms with van der Waals surface area (Å²) < 4.78 is 0. The highest BCUT2D eigenvalue weighted by atomic mass is 15.1. The van der Waals surface area contributed by atoms with Crippen molar-refractivity contribution in [3.8, 4) is 0 Å². The van der Waals surface area contributed by atoms with Gasteiger partial charge in [-0.1, -0.05) is 36.2 Å². The largest absolute Gasteiger partial charge is 0.314 e. The molecule has 1 heterocycles. The van der Waals surface area contributed by atoms with Crippen molar-refractivity contribution in [1.29, 1.82) is 0 Å². The molecule has 2 nitrogen and oxygen atoms in total. The van der Waals surface area contributed by atoms with Crippen LogP contribution < -0.4 is 10.6 Å². The highest BCUT2D eigenvalue weighted by molar-refractivity contribution is 5.32. The summed E-state index contributed by atoms with van der Waals surface area (Å²) in [4.78, 5) is 0. The molecule has 3 rings (SSSR count). The van der Waals surface area contributed by atoms with E-state index in [0.29, 0.717) is 11.5 Å². The second-order valence-corrected chi connectivity index (χ2v) is 5.74. The molecule has 0 unspecified atom stereocenters. The average Bonchev–Trinajstić information content (AvgIpc) is 2.19. The molecule has 2 N–H and O–H groups in total. The van der Waals surface area contributed by atoms with Crippen LogP contribution in [0.2, 0.25) is 0 Å². The summed E-state index contributed by atoms with van der Waals surface area (Å²) in [5.74, 6) is 0. The number of nitrogens with one attached hydrogen (secondary N) is 2. The minimum atomic E-state index is 0.432. The lowest BCUT2D eigenvalue weighted by molar-refractivity contribution is 0.213. The Balaban J connectivity index is 1.71. The molecular weight excluding hydrogens is 208 g/mol. The summed E-state index contributed by atoms with van der Waals surface area (Å²) in [5, 5.41) is 7.04. The van der Waals surface area contributed by atoms with E-state index in [1.165, 1.54) is 24.8 Å². The molecule has 1 saturated carbocycles. The SMILES string of the molecule is Cc1cccc(C2(CNC3CNC3)CCC2)c1. The summed E-state index contributed by atoms with van der Waals surface area (Å²) in [5.41, 5.74) is 3.37. The summed E-state index contributed by atoms with van der Waals surface area (Å²) >= 11 is 0. The molecule has 0 atom stereocenters. The van der Waals surface area contributed by atoms with Gasteiger partial charge in [-0.25, -0.2) is 0 Å². The number of hydrogen-bond donors (Lipinski definition) is 2. The van der Waals surface area contributed by atoms with Crippen molar-refractivity contribution in [3.05, 3.63) is 35.4 Å². The van der Waals surface area contributed by atoms with E-state index in [9.17, 15) is 0 Å². The minimum absolute atomic E-state index is 0.432. The molecule has 1 aromatic carbocycles. The summed E-state index contributed by atoms with van der Waals surface area (Å²) in [6, 6.07) is 9.79. The Labute approximate surface area is 104 Å². The van der Waals surface area contributed by atoms with Gasteiger partial charge in [0.25, 0.3) is 0 Å². The third-order valence-electron chi connectivity index (χ3n) is 4.45. The van der Waals surface area contributed by atoms with Crippen LogP contribution in [0.5, 0.6) is 0 Å². The normalized spacial score (nSPS) is 22.9. The molecule has 1 aromatic rings. The van der Waals surface area contributed by atoms with Crippen LogP contribution in [0.1, 0.15) is 30.4 Å². The average molecular weight is 230 g/mol. The fourth-order valence-corrected chi connectivity index (χ4v) is 2.92. The predicted molar refractivity (Wildman–Crippen MR) is 71.4 cm³/mol. The van der Waals surface area contributed by atoms with Crippen LogP contribution in [-0.2, 0) is 5.41 Å². The third-order valence-corrected chi connectivity index (χ3v) is 4.45. The van der Waals surface area contributed by atoms with Crippen LogP contribution >= 0.6 is 0 Å². The van der Waals surface area contributed by atoms with E-state index in [-0.39, 0.29) is 0 Å². The van der Waals surface area contributed by atoms with Gasteiger partial charge in [-0.05, 0) is 25.3 Å². The number of hydrogen-bond acceptors (Lipinski definition) is 2. The van der Waals surface area contributed by atoms with Crippen LogP contribution in [0.3, 0.4) is 0 Å². The van der Waals surface area contributed by atoms with Crippen molar-refractivity contribution in [2.45, 2.75) is 37.6 Å². The molecule has 1 aliphatic heterocycles. The van der Waals surface area contributed by atoms with Crippen LogP contribution in [-0.4, -0.2) is 25.7 Å². The van der Waals surface area contributed by atoms with Gasteiger partial charge in [0, 0.05) is 31.1 Å². The predicted octanol–water partition coefficient (Wildman–Crippen LogP) is 1.98. The van der Waals surface area contributed by atoms with Crippen molar-refractivity contribution >= 4 is 0 Å². The van der Waals surface area contributed by atoms with Gasteiger partial charge < -0.3 is 10.6 Å². The van der Waals surface area contributed by atoms with E-state index in [1.54, 1.807) is 5.56 Å². The van der Waals surface area contributed by atoms with Crippen molar-refractivity contribution in [2.75, 3.05) is 19.6 Å². The maximum absolute atomic E-state index is 3.72. The number of rotatable bonds is 4. The van der Waals surface area contributed by atoms with E-state index >= 15 is 0 Å². The number of aryl methyl sites for hydroxylation is 1. The summed E-state index contributed by atoms with van der Waals surface area (Å²) in [7, 11) is 0. The van der Waals surface area contributed by atoms with Crippen molar-refractivity contribution in [3.63, 3.8) is 0 Å². The molecular formula is C15H22N2. The van der Waals surface area contributed by atoms with Gasteiger partial charge in [-0.2, -0.15) is 0 Å². The van der Waals surface area contributed by atoms with Crippen LogP contribution in [0.4, 0.5) is 0 Å². The van der Waals surface area contributed by atoms with Gasteiger partial charge in [-0.3, -0.25) is 0 Å². The fraction of sp³-hybridized carbons (Fsp3) is 0.600. The Kier molecular flexibility index (Phi) is 2.93. The highest BCUT2D eigenvalue weighted by Crippen LogP contribution is 2.43. The van der Waals surface area contributed by atoms with E-state index in [0.717, 1.165) is 19.6 Å². The molecule has 0 radical (unpaired) electrons. The Hall–Kier alpha value is -0.860. The lowest BCUT2D eigenvalue weighted by Crippen LogP contribution is -2.58. The first-order chi connectivity index (χ1) is 8.28. The Morgan fingerprint density at radius 2 is 2.18 bits per heavy atom. The molecule has 17 heavy (non-hydrogen) atoms. The van der Waals surface area contributed by atoms with Gasteiger partial charge in [0.1, 0.15) is 0 Å². The molecule has 2 aliphatic rings. The lowest BCUT2D eigenvalue weighted by atomic mass is 9.64. The van der Waals surface area contributed by atoms with E-state index in [4.69, 9.17) is 0 Å². The molecule has 0 bridgehead atoms. The second-order valence-electron chi connectivity index (χ2n) is 5.74. The van der Waals surface area contributed by atoms with Gasteiger partial charge in [0.05, 0.1) is 0 Å². The maximum atomic E-state index is 3.72. The zero-order chi connectivity index (χ0) is 11.7. The Morgan fingerprint density at radius 1 is 1.35 bits per heavy atom. The van der Waals surface area contributed by atoms with Gasteiger partial charge in [0.15, 0.2) is 0 Å². The standard InChI is InChI=1S/C15H22N2/c1-12-4-2-5-13(8-12)15(6-3-7-15)11-17-14-9-16-10-14/h2,4-5,8,14,16-17H,3,6-7,9-11H2,1H3. The summed E-state index contributed by atoms with van der Waals surface area (Å²) in [6.45, 7) is 5.63. The first-order valence-electron chi connectivity index (χ1n) is 6.80. The van der Waals surface area contributed by atoms with Crippen molar-refractivity contribution < 1.29 is 0 Å². The Bertz CT molecular complexity index is 392. The topological polar surface area (TPSA) is 24.1 Å². The monoisotopic (exact) mass is 230 g/mol. The first kappa shape index (κ1) is 11.2. The van der Waals surface area contributed by atoms with Crippen LogP contribution in [0.15, 0.2) is 24.3 Å². The van der Waals surface area contributed by atoms with Crippen molar-refractivity contribution in [1.82, 2.24) is 10.6 Å². The van der Waals surface area contributed by atoms with Crippen LogP contribution in [0, 0.1) is 6.92 Å². The van der Waals surface area contributed by atoms with E-state index in [2.05, 4.69) is 41.8 Å². The van der Waals surface area contributed by atoms with E-state index < -0.39 is 0 Å². The molecule has 2 fully saturated rings. The molecule has 1 saturated heterocycles. The van der Waals surface area contributed by atoms with Gasteiger partial charge in [-0.15, -0.1) is 0 Å². The summed E-state index contributed by atoms with van der Waals surface area (Å²) in [6.07, 6.45) is 4.09. The maximum Gasteiger partial charge on any atom is 0.0317 e. The van der Waals surface area contributed by atoms with E-state index in [1.807, 2.05) is 0 Å².